The number of benzene rings is 1. The number of nitrogens with zero attached hydrogens (tertiary/aromatic N) is 2. The second kappa shape index (κ2) is 10.9. The molecule has 0 saturated carbocycles. The summed E-state index contributed by atoms with van der Waals surface area (Å²) in [4.78, 5) is 23.8. The average molecular weight is 410 g/mol. The molecule has 152 valence electrons. The van der Waals surface area contributed by atoms with Gasteiger partial charge in [-0.2, -0.15) is 0 Å². The monoisotopic (exact) mass is 409 g/mol. The molecule has 2 heterocycles. The van der Waals surface area contributed by atoms with Crippen molar-refractivity contribution >= 4 is 23.8 Å². The Hall–Kier alpha value is -2.26. The quantitative estimate of drug-likeness (QED) is 0.608. The maximum absolute atomic E-state index is 12.0. The van der Waals surface area contributed by atoms with E-state index in [0.29, 0.717) is 36.0 Å². The van der Waals surface area contributed by atoms with Crippen molar-refractivity contribution in [3.8, 4) is 0 Å². The number of hydrogen-bond acceptors (Lipinski definition) is 7. The summed E-state index contributed by atoms with van der Waals surface area (Å²) >= 11 is 5.79. The zero-order chi connectivity index (χ0) is 20.5. The maximum atomic E-state index is 12.0. The highest BCUT2D eigenvalue weighted by atomic mass is 35.5. The van der Waals surface area contributed by atoms with E-state index in [4.69, 9.17) is 16.7 Å². The number of likely N-dealkylation sites (N-methyl/N-ethyl adjacent to an activating group) is 1. The lowest BCUT2D eigenvalue weighted by atomic mass is 10.1. The fourth-order valence-corrected chi connectivity index (χ4v) is 2.92. The van der Waals surface area contributed by atoms with E-state index >= 15 is 0 Å². The van der Waals surface area contributed by atoms with Crippen molar-refractivity contribution in [3.05, 3.63) is 52.4 Å². The summed E-state index contributed by atoms with van der Waals surface area (Å²) in [6.45, 7) is 0.887. The lowest BCUT2D eigenvalue weighted by Gasteiger charge is -2.18. The number of nitrogens with one attached hydrogen (secondary N) is 1. The van der Waals surface area contributed by atoms with Gasteiger partial charge in [-0.15, -0.1) is 0 Å². The standard InChI is InChI=1S/C13H17ClN2O2.C6H7NO3/c1-16-8-11(17)6-12(16)13(18)15-7-9-2-4-10(14)5-3-9;8-2-1-6-3-5(4-9)7-10-6/h2-5,11-12,17H,6-8H2,1H3,(H,15,18);2-3,9H,1,4H2/t11-,12?;/m1./s1. The van der Waals surface area contributed by atoms with Gasteiger partial charge in [-0.05, 0) is 31.2 Å². The minimum atomic E-state index is -0.402. The zero-order valence-electron chi connectivity index (χ0n) is 15.5. The van der Waals surface area contributed by atoms with Crippen molar-refractivity contribution in [2.75, 3.05) is 13.6 Å². The number of carbonyl (C=O) groups is 2. The highest BCUT2D eigenvalue weighted by molar-refractivity contribution is 6.30. The number of aldehydes is 1. The summed E-state index contributed by atoms with van der Waals surface area (Å²) in [5.41, 5.74) is 1.46. The number of hydrogen-bond donors (Lipinski definition) is 3. The lowest BCUT2D eigenvalue weighted by Crippen LogP contribution is -2.41. The molecule has 1 unspecified atom stereocenters. The van der Waals surface area contributed by atoms with Crippen molar-refractivity contribution in [2.45, 2.75) is 38.1 Å². The number of β-amino-alcohol motifs (C(OH)–C–C–N with tert-alkyl or cyclic N) is 1. The molecular formula is C19H24ClN3O5. The van der Waals surface area contributed by atoms with Gasteiger partial charge in [-0.3, -0.25) is 9.69 Å². The third-order valence-electron chi connectivity index (χ3n) is 4.26. The molecule has 9 heteroatoms. The van der Waals surface area contributed by atoms with E-state index in [1.807, 2.05) is 24.1 Å². The summed E-state index contributed by atoms with van der Waals surface area (Å²) in [5.74, 6) is 0.447. The molecule has 1 aromatic carbocycles. The number of amides is 1. The van der Waals surface area contributed by atoms with E-state index < -0.39 is 6.10 Å². The van der Waals surface area contributed by atoms with Crippen LogP contribution >= 0.6 is 11.6 Å². The summed E-state index contributed by atoms with van der Waals surface area (Å²) in [5, 5.41) is 25.0. The van der Waals surface area contributed by atoms with E-state index in [1.165, 1.54) is 0 Å². The van der Waals surface area contributed by atoms with E-state index in [1.54, 1.807) is 18.2 Å². The molecule has 0 bridgehead atoms. The maximum Gasteiger partial charge on any atom is 0.237 e. The predicted molar refractivity (Wildman–Crippen MR) is 103 cm³/mol. The van der Waals surface area contributed by atoms with Gasteiger partial charge in [-0.25, -0.2) is 0 Å². The van der Waals surface area contributed by atoms with E-state index in [9.17, 15) is 14.7 Å². The third-order valence-corrected chi connectivity index (χ3v) is 4.52. The van der Waals surface area contributed by atoms with Gasteiger partial charge in [0.15, 0.2) is 0 Å². The molecule has 1 aromatic heterocycles. The minimum absolute atomic E-state index is 0.0380. The number of halogens is 1. The summed E-state index contributed by atoms with van der Waals surface area (Å²) < 4.78 is 4.65. The molecule has 1 fully saturated rings. The SMILES string of the molecule is CN1C[C@H](O)CC1C(=O)NCc1ccc(Cl)cc1.O=CCc1cc(CO)no1. The first-order valence-corrected chi connectivity index (χ1v) is 9.20. The molecule has 3 N–H and O–H groups in total. The number of likely N-dealkylation sites (tertiary alicyclic amines) is 1. The highest BCUT2D eigenvalue weighted by Crippen LogP contribution is 2.16. The van der Waals surface area contributed by atoms with Gasteiger partial charge < -0.3 is 24.8 Å². The molecular weight excluding hydrogens is 386 g/mol. The number of carbonyl (C=O) groups excluding carboxylic acids is 2. The van der Waals surface area contributed by atoms with Gasteiger partial charge in [0.1, 0.15) is 17.7 Å². The summed E-state index contributed by atoms with van der Waals surface area (Å²) in [6.07, 6.45) is 1.04. The van der Waals surface area contributed by atoms with Gasteiger partial charge in [-0.1, -0.05) is 28.9 Å². The molecule has 8 nitrogen and oxygen atoms in total. The van der Waals surface area contributed by atoms with Crippen LogP contribution in [0.3, 0.4) is 0 Å². The lowest BCUT2D eigenvalue weighted by molar-refractivity contribution is -0.125. The minimum Gasteiger partial charge on any atom is -0.392 e. The van der Waals surface area contributed by atoms with Crippen LogP contribution in [0, 0.1) is 0 Å². The topological polar surface area (TPSA) is 116 Å². The zero-order valence-corrected chi connectivity index (χ0v) is 16.3. The Kier molecular flexibility index (Phi) is 8.59. The Morgan fingerprint density at radius 1 is 1.43 bits per heavy atom. The van der Waals surface area contributed by atoms with Crippen LogP contribution in [0.5, 0.6) is 0 Å². The molecule has 1 aliphatic rings. The van der Waals surface area contributed by atoms with Crippen LogP contribution in [0.25, 0.3) is 0 Å². The van der Waals surface area contributed by atoms with Crippen LogP contribution in [-0.4, -0.2) is 58.2 Å². The van der Waals surface area contributed by atoms with Crippen molar-refractivity contribution in [1.82, 2.24) is 15.4 Å². The van der Waals surface area contributed by atoms with Crippen molar-refractivity contribution in [1.29, 1.82) is 0 Å². The van der Waals surface area contributed by atoms with Crippen LogP contribution < -0.4 is 5.32 Å². The Balaban J connectivity index is 0.000000237. The smallest absolute Gasteiger partial charge is 0.237 e. The number of aliphatic hydroxyl groups is 2. The largest absolute Gasteiger partial charge is 0.392 e. The van der Waals surface area contributed by atoms with Crippen LogP contribution in [-0.2, 0) is 29.2 Å². The number of rotatable bonds is 6. The Bertz CT molecular complexity index is 765. The molecule has 3 rings (SSSR count). The Morgan fingerprint density at radius 2 is 2.14 bits per heavy atom. The first-order chi connectivity index (χ1) is 13.4. The molecule has 1 aliphatic heterocycles. The van der Waals surface area contributed by atoms with Gasteiger partial charge in [0.25, 0.3) is 0 Å². The third kappa shape index (κ3) is 6.72. The van der Waals surface area contributed by atoms with Crippen LogP contribution in [0.4, 0.5) is 0 Å². The Labute approximate surface area is 168 Å². The molecule has 1 amide bonds. The van der Waals surface area contributed by atoms with E-state index in [2.05, 4.69) is 15.0 Å². The molecule has 0 spiro atoms. The molecule has 2 aromatic rings. The van der Waals surface area contributed by atoms with E-state index in [-0.39, 0.29) is 25.0 Å². The molecule has 28 heavy (non-hydrogen) atoms. The van der Waals surface area contributed by atoms with Gasteiger partial charge in [0.2, 0.25) is 5.91 Å². The Morgan fingerprint density at radius 3 is 2.68 bits per heavy atom. The molecule has 0 radical (unpaired) electrons. The average Bonchev–Trinajstić information content (AvgIpc) is 3.27. The number of aromatic nitrogens is 1. The van der Waals surface area contributed by atoms with E-state index in [0.717, 1.165) is 11.8 Å². The van der Waals surface area contributed by atoms with Crippen LogP contribution in [0.15, 0.2) is 34.9 Å². The fourth-order valence-electron chi connectivity index (χ4n) is 2.80. The summed E-state index contributed by atoms with van der Waals surface area (Å²) in [7, 11) is 1.85. The van der Waals surface area contributed by atoms with Crippen LogP contribution in [0.2, 0.25) is 5.02 Å². The molecule has 2 atom stereocenters. The first kappa shape index (κ1) is 22.0. The fraction of sp³-hybridized carbons (Fsp3) is 0.421. The van der Waals surface area contributed by atoms with Gasteiger partial charge in [0.05, 0.1) is 25.2 Å². The normalized spacial score (nSPS) is 19.0. The molecule has 1 saturated heterocycles. The summed E-state index contributed by atoms with van der Waals surface area (Å²) in [6, 6.07) is 8.69. The first-order valence-electron chi connectivity index (χ1n) is 8.82. The predicted octanol–water partition coefficient (Wildman–Crippen LogP) is 0.929. The second-order valence-corrected chi connectivity index (χ2v) is 6.94. The van der Waals surface area contributed by atoms with Crippen molar-refractivity contribution < 1.29 is 24.3 Å². The second-order valence-electron chi connectivity index (χ2n) is 6.50. The molecule has 0 aliphatic carbocycles. The van der Waals surface area contributed by atoms with Crippen LogP contribution in [0.1, 0.15) is 23.4 Å². The highest BCUT2D eigenvalue weighted by Gasteiger charge is 2.33. The van der Waals surface area contributed by atoms with Crippen molar-refractivity contribution in [3.63, 3.8) is 0 Å². The van der Waals surface area contributed by atoms with Crippen molar-refractivity contribution in [2.24, 2.45) is 0 Å². The van der Waals surface area contributed by atoms with Gasteiger partial charge in [0, 0.05) is 24.2 Å². The van der Waals surface area contributed by atoms with Gasteiger partial charge >= 0.3 is 0 Å². The number of aliphatic hydroxyl groups excluding tert-OH is 2.